The highest BCUT2D eigenvalue weighted by atomic mass is 19.4. The van der Waals surface area contributed by atoms with Crippen LogP contribution in [0.3, 0.4) is 0 Å². The van der Waals surface area contributed by atoms with E-state index in [0.717, 1.165) is 61.2 Å². The monoisotopic (exact) mass is 610 g/mol. The highest BCUT2D eigenvalue weighted by Crippen LogP contribution is 2.24. The van der Waals surface area contributed by atoms with E-state index in [9.17, 15) is 35.9 Å². The fourth-order valence-electron chi connectivity index (χ4n) is 3.96. The van der Waals surface area contributed by atoms with E-state index in [4.69, 9.17) is 25.5 Å². The van der Waals surface area contributed by atoms with Crippen molar-refractivity contribution in [2.24, 2.45) is 11.7 Å². The molecule has 3 aliphatic rings. The Labute approximate surface area is 233 Å². The van der Waals surface area contributed by atoms with Gasteiger partial charge in [0.1, 0.15) is 0 Å². The first-order valence-corrected chi connectivity index (χ1v) is 12.3. The average Bonchev–Trinajstić information content (AvgIpc) is 2.88. The topological polar surface area (TPSA) is 184 Å². The Kier molecular flexibility index (Phi) is 11.2. The molecule has 42 heavy (non-hydrogen) atoms. The maximum absolute atomic E-state index is 12.3. The molecule has 3 aliphatic heterocycles. The van der Waals surface area contributed by atoms with Crippen molar-refractivity contribution >= 4 is 23.0 Å². The number of aromatic nitrogens is 4. The minimum Gasteiger partial charge on any atom is -0.475 e. The molecule has 1 saturated heterocycles. The lowest BCUT2D eigenvalue weighted by Gasteiger charge is -2.31. The third kappa shape index (κ3) is 9.23. The van der Waals surface area contributed by atoms with Gasteiger partial charge >= 0.3 is 30.0 Å². The molecule has 0 radical (unpaired) electrons. The molecule has 232 valence electrons. The highest BCUT2D eigenvalue weighted by molar-refractivity contribution is 5.81. The second-order valence-electron chi connectivity index (χ2n) is 9.36. The van der Waals surface area contributed by atoms with Gasteiger partial charge in [-0.1, -0.05) is 0 Å². The van der Waals surface area contributed by atoms with E-state index in [1.165, 1.54) is 0 Å². The van der Waals surface area contributed by atoms with Gasteiger partial charge in [-0.3, -0.25) is 9.78 Å². The SMILES string of the molecule is Cc1cc2nc3c(=O)[nH]c(=O)nc-3n(CCN3CCC(CN)CC3)c2cc1C.O=C(O)C(F)(F)F.O=C(O)C(F)(F)F. The van der Waals surface area contributed by atoms with Crippen LogP contribution in [0.5, 0.6) is 0 Å². The first kappa shape index (κ1) is 34.1. The lowest BCUT2D eigenvalue weighted by atomic mass is 9.97. The van der Waals surface area contributed by atoms with Crippen molar-refractivity contribution in [1.82, 2.24) is 24.4 Å². The molecule has 1 fully saturated rings. The molecule has 0 amide bonds. The quantitative estimate of drug-likeness (QED) is 0.252. The Hall–Kier alpha value is -4.06. The molecule has 0 unspecified atom stereocenters. The summed E-state index contributed by atoms with van der Waals surface area (Å²) in [6.07, 6.45) is -7.94. The number of aromatic amines is 1. The number of hydrogen-bond donors (Lipinski definition) is 4. The average molecular weight is 611 g/mol. The molecule has 1 aromatic carbocycles. The number of nitrogens with two attached hydrogens (primary N) is 1. The predicted molar refractivity (Wildman–Crippen MR) is 136 cm³/mol. The lowest BCUT2D eigenvalue weighted by molar-refractivity contribution is -0.193. The molecule has 3 heterocycles. The molecular formula is C24H28F6N6O6. The Morgan fingerprint density at radius 3 is 1.93 bits per heavy atom. The van der Waals surface area contributed by atoms with Gasteiger partial charge in [0, 0.05) is 13.1 Å². The van der Waals surface area contributed by atoms with Crippen molar-refractivity contribution in [3.8, 4) is 11.5 Å². The number of H-pyrrole nitrogens is 1. The van der Waals surface area contributed by atoms with Gasteiger partial charge in [-0.25, -0.2) is 19.4 Å². The molecule has 0 atom stereocenters. The lowest BCUT2D eigenvalue weighted by Crippen LogP contribution is -2.38. The van der Waals surface area contributed by atoms with E-state index in [-0.39, 0.29) is 5.69 Å². The standard InChI is InChI=1S/C20H26N6O2.2C2HF3O2/c1-12-9-15-16(10-13(12)2)26(8-7-25-5-3-14(11-21)4-6-25)18-17(22-15)19(27)24-20(28)23-18;2*3-2(4,5)1(6)7/h9-10,14H,3-8,11,21H2,1-2H3,(H,24,27,28);2*(H,6,7). The number of carboxylic acids is 2. The van der Waals surface area contributed by atoms with Gasteiger partial charge < -0.3 is 25.4 Å². The summed E-state index contributed by atoms with van der Waals surface area (Å²) in [5.41, 5.74) is 8.75. The summed E-state index contributed by atoms with van der Waals surface area (Å²) < 4.78 is 65.4. The number of aliphatic carboxylic acids is 2. The maximum atomic E-state index is 12.3. The molecule has 0 bridgehead atoms. The third-order valence-corrected chi connectivity index (χ3v) is 6.39. The summed E-state index contributed by atoms with van der Waals surface area (Å²) in [7, 11) is 0. The van der Waals surface area contributed by atoms with Crippen LogP contribution in [0.1, 0.15) is 24.0 Å². The normalized spacial score (nSPS) is 14.6. The first-order chi connectivity index (χ1) is 19.3. The number of nitrogens with zero attached hydrogens (tertiary/aromatic N) is 4. The van der Waals surface area contributed by atoms with Gasteiger partial charge in [-0.2, -0.15) is 31.3 Å². The third-order valence-electron chi connectivity index (χ3n) is 6.39. The Balaban J connectivity index is 0.000000367. The number of alkyl halides is 6. The first-order valence-electron chi connectivity index (χ1n) is 12.3. The largest absolute Gasteiger partial charge is 0.490 e. The molecule has 0 aliphatic carbocycles. The molecule has 1 aromatic rings. The number of rotatable bonds is 4. The van der Waals surface area contributed by atoms with E-state index in [1.807, 2.05) is 24.5 Å². The smallest absolute Gasteiger partial charge is 0.475 e. The number of carboxylic acid groups (broad SMARTS) is 2. The summed E-state index contributed by atoms with van der Waals surface area (Å²) in [5.74, 6) is -4.55. The molecule has 18 heteroatoms. The molecule has 0 saturated carbocycles. The van der Waals surface area contributed by atoms with Crippen molar-refractivity contribution in [2.45, 2.75) is 45.6 Å². The van der Waals surface area contributed by atoms with E-state index in [0.29, 0.717) is 18.3 Å². The van der Waals surface area contributed by atoms with E-state index in [2.05, 4.69) is 25.9 Å². The number of piperidine rings is 1. The number of halogens is 6. The molecular weight excluding hydrogens is 582 g/mol. The number of carbonyl (C=O) groups is 2. The van der Waals surface area contributed by atoms with Crippen molar-refractivity contribution in [2.75, 3.05) is 26.2 Å². The molecule has 0 spiro atoms. The number of benzene rings is 1. The van der Waals surface area contributed by atoms with Crippen LogP contribution in [0.4, 0.5) is 26.3 Å². The van der Waals surface area contributed by atoms with Crippen molar-refractivity contribution < 1.29 is 46.1 Å². The number of aryl methyl sites for hydroxylation is 2. The number of hydrogen-bond acceptors (Lipinski definition) is 8. The number of likely N-dealkylation sites (tertiary alicyclic amines) is 1. The zero-order valence-electron chi connectivity index (χ0n) is 22.3. The zero-order valence-corrected chi connectivity index (χ0v) is 22.3. The van der Waals surface area contributed by atoms with Gasteiger partial charge in [0.2, 0.25) is 0 Å². The fourth-order valence-corrected chi connectivity index (χ4v) is 3.96. The van der Waals surface area contributed by atoms with Crippen LogP contribution in [0.25, 0.3) is 22.6 Å². The minimum atomic E-state index is -5.08. The summed E-state index contributed by atoms with van der Waals surface area (Å²) in [5, 5.41) is 14.2. The van der Waals surface area contributed by atoms with Gasteiger partial charge in [0.05, 0.1) is 11.0 Å². The van der Waals surface area contributed by atoms with Crippen LogP contribution >= 0.6 is 0 Å². The van der Waals surface area contributed by atoms with Crippen molar-refractivity contribution in [3.05, 3.63) is 44.1 Å². The number of nitrogens with one attached hydrogen (secondary N) is 1. The summed E-state index contributed by atoms with van der Waals surface area (Å²) >= 11 is 0. The van der Waals surface area contributed by atoms with Crippen LogP contribution in [0.15, 0.2) is 21.7 Å². The highest BCUT2D eigenvalue weighted by Gasteiger charge is 2.38. The second kappa shape index (κ2) is 13.7. The van der Waals surface area contributed by atoms with Crippen LogP contribution in [-0.2, 0) is 16.1 Å². The van der Waals surface area contributed by atoms with Gasteiger partial charge in [0.15, 0.2) is 11.5 Å². The van der Waals surface area contributed by atoms with Crippen LogP contribution < -0.4 is 17.0 Å². The van der Waals surface area contributed by atoms with Gasteiger partial charge in [-0.05, 0) is 75.5 Å². The second-order valence-corrected chi connectivity index (χ2v) is 9.36. The summed E-state index contributed by atoms with van der Waals surface area (Å²) in [6.45, 7) is 8.32. The van der Waals surface area contributed by atoms with Crippen LogP contribution in [-0.4, -0.2) is 85.1 Å². The Morgan fingerprint density at radius 2 is 1.45 bits per heavy atom. The predicted octanol–water partition coefficient (Wildman–Crippen LogP) is 2.14. The van der Waals surface area contributed by atoms with E-state index < -0.39 is 35.5 Å². The van der Waals surface area contributed by atoms with Crippen molar-refractivity contribution in [3.63, 3.8) is 0 Å². The Bertz CT molecular complexity index is 1470. The molecule has 5 N–H and O–H groups in total. The molecule has 4 rings (SSSR count). The minimum absolute atomic E-state index is 0.206. The molecule has 0 aromatic heterocycles. The zero-order chi connectivity index (χ0) is 32.0. The number of fused-ring (bicyclic) bond motifs is 2. The molecule has 12 nitrogen and oxygen atoms in total. The summed E-state index contributed by atoms with van der Waals surface area (Å²) in [6, 6.07) is 4.04. The van der Waals surface area contributed by atoms with Crippen LogP contribution in [0, 0.1) is 19.8 Å². The van der Waals surface area contributed by atoms with E-state index >= 15 is 0 Å². The maximum Gasteiger partial charge on any atom is 0.490 e. The fraction of sp³-hybridized carbons (Fsp3) is 0.500. The van der Waals surface area contributed by atoms with Crippen LogP contribution in [0.2, 0.25) is 0 Å². The van der Waals surface area contributed by atoms with Crippen molar-refractivity contribution in [1.29, 1.82) is 0 Å². The van der Waals surface area contributed by atoms with Gasteiger partial charge in [0.25, 0.3) is 5.56 Å². The van der Waals surface area contributed by atoms with Gasteiger partial charge in [-0.15, -0.1) is 0 Å². The summed E-state index contributed by atoms with van der Waals surface area (Å²) in [4.78, 5) is 55.2. The Morgan fingerprint density at radius 1 is 0.952 bits per heavy atom. The van der Waals surface area contributed by atoms with E-state index in [1.54, 1.807) is 0 Å².